The van der Waals surface area contributed by atoms with E-state index in [1.54, 1.807) is 12.1 Å². The van der Waals surface area contributed by atoms with Crippen molar-refractivity contribution in [3.05, 3.63) is 29.8 Å². The molecule has 0 spiro atoms. The number of nitrogens with one attached hydrogen (secondary N) is 2. The number of benzene rings is 1. The summed E-state index contributed by atoms with van der Waals surface area (Å²) in [4.78, 5) is 33.6. The van der Waals surface area contributed by atoms with Crippen LogP contribution in [0.4, 0.5) is 5.69 Å². The Labute approximate surface area is 137 Å². The predicted octanol–water partition coefficient (Wildman–Crippen LogP) is -0.501. The number of aliphatic carboxylic acids is 2. The van der Waals surface area contributed by atoms with Crippen LogP contribution in [0.5, 0.6) is 0 Å². The Bertz CT molecular complexity index is 574. The zero-order valence-corrected chi connectivity index (χ0v) is 12.8. The first-order valence-corrected chi connectivity index (χ1v) is 7.21. The lowest BCUT2D eigenvalue weighted by Crippen LogP contribution is -2.41. The molecule has 0 aromatic heterocycles. The maximum Gasteiger partial charge on any atom is 0.326 e. The standard InChI is InChI=1S/C15H20N2O7/c18-8-11(19)7-16-10-3-1-9(2-4-10)14(22)17-12(15(23)24)5-6-13(20)21/h1-4,11-12,16,18-19H,5-8H2,(H,17,22)(H,20,21)(H,23,24). The van der Waals surface area contributed by atoms with Gasteiger partial charge in [0.2, 0.25) is 0 Å². The first-order valence-electron chi connectivity index (χ1n) is 7.21. The molecule has 0 aliphatic heterocycles. The SMILES string of the molecule is O=C(O)CCC(NC(=O)c1ccc(NCC(O)CO)cc1)C(=O)O. The van der Waals surface area contributed by atoms with E-state index >= 15 is 0 Å². The van der Waals surface area contributed by atoms with E-state index in [-0.39, 0.29) is 31.6 Å². The number of aliphatic hydroxyl groups is 2. The molecular formula is C15H20N2O7. The fourth-order valence-electron chi connectivity index (χ4n) is 1.81. The average Bonchev–Trinajstić information content (AvgIpc) is 2.56. The molecular weight excluding hydrogens is 320 g/mol. The van der Waals surface area contributed by atoms with Crippen LogP contribution in [0.3, 0.4) is 0 Å². The molecule has 6 N–H and O–H groups in total. The van der Waals surface area contributed by atoms with E-state index in [4.69, 9.17) is 15.3 Å². The van der Waals surface area contributed by atoms with Gasteiger partial charge in [-0.15, -0.1) is 0 Å². The number of amides is 1. The Morgan fingerprint density at radius 2 is 1.71 bits per heavy atom. The fraction of sp³-hybridized carbons (Fsp3) is 0.400. The van der Waals surface area contributed by atoms with E-state index in [0.29, 0.717) is 5.69 Å². The Morgan fingerprint density at radius 1 is 1.08 bits per heavy atom. The highest BCUT2D eigenvalue weighted by molar-refractivity contribution is 5.96. The second-order valence-electron chi connectivity index (χ2n) is 5.09. The van der Waals surface area contributed by atoms with E-state index < -0.39 is 30.0 Å². The van der Waals surface area contributed by atoms with Gasteiger partial charge in [-0.25, -0.2) is 4.79 Å². The van der Waals surface area contributed by atoms with Crippen LogP contribution in [-0.4, -0.2) is 63.6 Å². The zero-order valence-electron chi connectivity index (χ0n) is 12.8. The summed E-state index contributed by atoms with van der Waals surface area (Å²) in [6, 6.07) is 4.75. The van der Waals surface area contributed by atoms with E-state index in [1.165, 1.54) is 12.1 Å². The van der Waals surface area contributed by atoms with Gasteiger partial charge in [-0.2, -0.15) is 0 Å². The number of anilines is 1. The van der Waals surface area contributed by atoms with Crippen LogP contribution >= 0.6 is 0 Å². The Balaban J connectivity index is 2.62. The first kappa shape index (κ1) is 19.4. The summed E-state index contributed by atoms with van der Waals surface area (Å²) < 4.78 is 0. The van der Waals surface area contributed by atoms with Crippen LogP contribution in [0.25, 0.3) is 0 Å². The average molecular weight is 340 g/mol. The molecule has 1 rings (SSSR count). The van der Waals surface area contributed by atoms with Gasteiger partial charge in [0.25, 0.3) is 5.91 Å². The van der Waals surface area contributed by atoms with Gasteiger partial charge >= 0.3 is 11.9 Å². The number of carboxylic acids is 2. The van der Waals surface area contributed by atoms with Crippen LogP contribution < -0.4 is 10.6 Å². The number of hydrogen-bond donors (Lipinski definition) is 6. The summed E-state index contributed by atoms with van der Waals surface area (Å²) in [5, 5.41) is 40.7. The third-order valence-corrected chi connectivity index (χ3v) is 3.15. The maximum absolute atomic E-state index is 12.0. The largest absolute Gasteiger partial charge is 0.481 e. The quantitative estimate of drug-likeness (QED) is 0.333. The molecule has 2 unspecified atom stereocenters. The van der Waals surface area contributed by atoms with Gasteiger partial charge in [-0.3, -0.25) is 9.59 Å². The second-order valence-corrected chi connectivity index (χ2v) is 5.09. The van der Waals surface area contributed by atoms with Crippen molar-refractivity contribution >= 4 is 23.5 Å². The molecule has 2 atom stereocenters. The van der Waals surface area contributed by atoms with Crippen molar-refractivity contribution in [1.29, 1.82) is 0 Å². The summed E-state index contributed by atoms with van der Waals surface area (Å²) in [6.07, 6.45) is -1.49. The molecule has 0 saturated heterocycles. The summed E-state index contributed by atoms with van der Waals surface area (Å²) in [5.41, 5.74) is 0.824. The van der Waals surface area contributed by atoms with Crippen molar-refractivity contribution in [1.82, 2.24) is 5.32 Å². The minimum absolute atomic E-state index is 0.137. The molecule has 9 nitrogen and oxygen atoms in total. The Hall–Kier alpha value is -2.65. The number of carboxylic acid groups (broad SMARTS) is 2. The van der Waals surface area contributed by atoms with Gasteiger partial charge in [0.1, 0.15) is 6.04 Å². The number of carbonyl (C=O) groups excluding carboxylic acids is 1. The molecule has 0 fully saturated rings. The Kier molecular flexibility index (Phi) is 7.66. The number of carbonyl (C=O) groups is 3. The third kappa shape index (κ3) is 6.63. The van der Waals surface area contributed by atoms with E-state index in [9.17, 15) is 19.5 Å². The smallest absolute Gasteiger partial charge is 0.326 e. The van der Waals surface area contributed by atoms with Gasteiger partial charge in [-0.05, 0) is 30.7 Å². The van der Waals surface area contributed by atoms with Gasteiger partial charge in [0.15, 0.2) is 0 Å². The lowest BCUT2D eigenvalue weighted by molar-refractivity contribution is -0.140. The highest BCUT2D eigenvalue weighted by Gasteiger charge is 2.21. The van der Waals surface area contributed by atoms with Crippen molar-refractivity contribution in [3.63, 3.8) is 0 Å². The third-order valence-electron chi connectivity index (χ3n) is 3.15. The van der Waals surface area contributed by atoms with Crippen molar-refractivity contribution < 1.29 is 34.8 Å². The summed E-state index contributed by atoms with van der Waals surface area (Å²) in [5.74, 6) is -3.08. The molecule has 1 aromatic rings. The number of rotatable bonds is 10. The highest BCUT2D eigenvalue weighted by Crippen LogP contribution is 2.10. The predicted molar refractivity (Wildman–Crippen MR) is 83.8 cm³/mol. The molecule has 0 heterocycles. The van der Waals surface area contributed by atoms with Crippen molar-refractivity contribution in [2.75, 3.05) is 18.5 Å². The first-order chi connectivity index (χ1) is 11.3. The van der Waals surface area contributed by atoms with Gasteiger partial charge in [-0.1, -0.05) is 0 Å². The monoisotopic (exact) mass is 340 g/mol. The molecule has 0 bridgehead atoms. The number of hydrogen-bond acceptors (Lipinski definition) is 6. The molecule has 0 radical (unpaired) electrons. The maximum atomic E-state index is 12.0. The lowest BCUT2D eigenvalue weighted by atomic mass is 10.1. The summed E-state index contributed by atoms with van der Waals surface area (Å²) >= 11 is 0. The zero-order chi connectivity index (χ0) is 18.1. The molecule has 1 amide bonds. The van der Waals surface area contributed by atoms with Gasteiger partial charge < -0.3 is 31.1 Å². The van der Waals surface area contributed by atoms with Crippen molar-refractivity contribution in [3.8, 4) is 0 Å². The molecule has 0 saturated carbocycles. The van der Waals surface area contributed by atoms with Crippen LogP contribution in [0, 0.1) is 0 Å². The van der Waals surface area contributed by atoms with Crippen molar-refractivity contribution in [2.45, 2.75) is 25.0 Å². The number of aliphatic hydroxyl groups excluding tert-OH is 2. The second kappa shape index (κ2) is 9.48. The molecule has 24 heavy (non-hydrogen) atoms. The van der Waals surface area contributed by atoms with E-state index in [2.05, 4.69) is 10.6 Å². The summed E-state index contributed by atoms with van der Waals surface area (Å²) in [7, 11) is 0. The van der Waals surface area contributed by atoms with E-state index in [0.717, 1.165) is 0 Å². The van der Waals surface area contributed by atoms with E-state index in [1.807, 2.05) is 0 Å². The lowest BCUT2D eigenvalue weighted by Gasteiger charge is -2.14. The molecule has 132 valence electrons. The van der Waals surface area contributed by atoms with Crippen LogP contribution in [0.1, 0.15) is 23.2 Å². The molecule has 9 heteroatoms. The summed E-state index contributed by atoms with van der Waals surface area (Å²) in [6.45, 7) is -0.237. The van der Waals surface area contributed by atoms with Gasteiger partial charge in [0.05, 0.1) is 12.7 Å². The molecule has 1 aromatic carbocycles. The fourth-order valence-corrected chi connectivity index (χ4v) is 1.81. The minimum atomic E-state index is -1.30. The Morgan fingerprint density at radius 3 is 2.21 bits per heavy atom. The van der Waals surface area contributed by atoms with Crippen LogP contribution in [0.2, 0.25) is 0 Å². The highest BCUT2D eigenvalue weighted by atomic mass is 16.4. The molecule has 0 aliphatic rings. The van der Waals surface area contributed by atoms with Crippen LogP contribution in [0.15, 0.2) is 24.3 Å². The van der Waals surface area contributed by atoms with Crippen LogP contribution in [-0.2, 0) is 9.59 Å². The van der Waals surface area contributed by atoms with Crippen molar-refractivity contribution in [2.24, 2.45) is 0 Å². The minimum Gasteiger partial charge on any atom is -0.481 e. The van der Waals surface area contributed by atoms with Gasteiger partial charge in [0, 0.05) is 24.2 Å². The normalized spacial score (nSPS) is 12.9. The molecule has 0 aliphatic carbocycles. The topological polar surface area (TPSA) is 156 Å².